The van der Waals surface area contributed by atoms with Crippen molar-refractivity contribution < 1.29 is 13.5 Å². The average molecular weight is 307 g/mol. The molecule has 0 aliphatic heterocycles. The Hall–Kier alpha value is -0.570. The van der Waals surface area contributed by atoms with Crippen molar-refractivity contribution in [3.8, 4) is 0 Å². The summed E-state index contributed by atoms with van der Waals surface area (Å²) in [6, 6.07) is -0.139. The smallest absolute Gasteiger partial charge is 0.244 e. The Kier molecular flexibility index (Phi) is 5.84. The molecule has 1 atom stereocenters. The summed E-state index contributed by atoms with van der Waals surface area (Å²) in [5, 5.41) is 13.1. The first-order valence-corrected chi connectivity index (χ1v) is 8.87. The number of hydrogen-bond donors (Lipinski definition) is 2. The molecule has 0 spiro atoms. The van der Waals surface area contributed by atoms with Gasteiger partial charge >= 0.3 is 0 Å². The maximum Gasteiger partial charge on any atom is 0.244 e. The minimum atomic E-state index is -3.57. The molecule has 0 aliphatic rings. The fraction of sp³-hybridized carbons (Fsp3) is 0.727. The standard InChI is InChI=1S/C11H21N3O3S2/c1-8(7-18-4)13-19(16,17)11-9(2)12-14(5-6-15)10(11)3/h8,13,15H,5-7H2,1-4H3. The third-order valence-corrected chi connectivity index (χ3v) is 5.34. The molecule has 0 aromatic carbocycles. The van der Waals surface area contributed by atoms with Crippen LogP contribution in [0.15, 0.2) is 4.90 Å². The minimum Gasteiger partial charge on any atom is -0.394 e. The Morgan fingerprint density at radius 2 is 2.11 bits per heavy atom. The Balaban J connectivity index is 3.08. The van der Waals surface area contributed by atoms with Gasteiger partial charge in [0, 0.05) is 11.8 Å². The normalized spacial score (nSPS) is 13.7. The Morgan fingerprint density at radius 1 is 1.47 bits per heavy atom. The van der Waals surface area contributed by atoms with Gasteiger partial charge in [0.25, 0.3) is 0 Å². The van der Waals surface area contributed by atoms with E-state index in [1.165, 1.54) is 4.68 Å². The lowest BCUT2D eigenvalue weighted by Crippen LogP contribution is -2.34. The molecule has 1 rings (SSSR count). The molecule has 110 valence electrons. The lowest BCUT2D eigenvalue weighted by Gasteiger charge is -2.13. The van der Waals surface area contributed by atoms with Crippen molar-refractivity contribution in [3.63, 3.8) is 0 Å². The zero-order valence-corrected chi connectivity index (χ0v) is 13.3. The highest BCUT2D eigenvalue weighted by atomic mass is 32.2. The monoisotopic (exact) mass is 307 g/mol. The Morgan fingerprint density at radius 3 is 2.63 bits per heavy atom. The number of thioether (sulfide) groups is 1. The van der Waals surface area contributed by atoms with Crippen LogP contribution in [0, 0.1) is 13.8 Å². The summed E-state index contributed by atoms with van der Waals surface area (Å²) < 4.78 is 28.8. The van der Waals surface area contributed by atoms with Crippen molar-refractivity contribution in [2.24, 2.45) is 0 Å². The molecule has 6 nitrogen and oxygen atoms in total. The lowest BCUT2D eigenvalue weighted by atomic mass is 10.4. The summed E-state index contributed by atoms with van der Waals surface area (Å²) in [6.45, 7) is 5.41. The summed E-state index contributed by atoms with van der Waals surface area (Å²) in [6.07, 6.45) is 1.93. The highest BCUT2D eigenvalue weighted by molar-refractivity contribution is 7.98. The van der Waals surface area contributed by atoms with E-state index < -0.39 is 10.0 Å². The highest BCUT2D eigenvalue weighted by Crippen LogP contribution is 2.19. The molecular weight excluding hydrogens is 286 g/mol. The zero-order valence-electron chi connectivity index (χ0n) is 11.7. The van der Waals surface area contributed by atoms with Crippen LogP contribution >= 0.6 is 11.8 Å². The van der Waals surface area contributed by atoms with Crippen LogP contribution in [0.2, 0.25) is 0 Å². The molecule has 1 aromatic heterocycles. The van der Waals surface area contributed by atoms with E-state index in [0.717, 1.165) is 0 Å². The van der Waals surface area contributed by atoms with Crippen LogP contribution in [0.25, 0.3) is 0 Å². The number of rotatable bonds is 7. The second kappa shape index (κ2) is 6.74. The van der Waals surface area contributed by atoms with Crippen LogP contribution in [-0.2, 0) is 16.6 Å². The number of aliphatic hydroxyl groups is 1. The van der Waals surface area contributed by atoms with Crippen LogP contribution in [0.4, 0.5) is 0 Å². The summed E-state index contributed by atoms with van der Waals surface area (Å²) in [4.78, 5) is 0.217. The van der Waals surface area contributed by atoms with Crippen molar-refractivity contribution in [1.29, 1.82) is 0 Å². The van der Waals surface area contributed by atoms with Gasteiger partial charge in [0.05, 0.1) is 24.5 Å². The van der Waals surface area contributed by atoms with Gasteiger partial charge in [-0.1, -0.05) is 0 Å². The van der Waals surface area contributed by atoms with Crippen molar-refractivity contribution in [3.05, 3.63) is 11.4 Å². The van der Waals surface area contributed by atoms with Crippen molar-refractivity contribution in [2.45, 2.75) is 38.3 Å². The van der Waals surface area contributed by atoms with Gasteiger partial charge < -0.3 is 5.11 Å². The molecule has 8 heteroatoms. The second-order valence-electron chi connectivity index (χ2n) is 4.42. The third kappa shape index (κ3) is 3.95. The molecule has 2 N–H and O–H groups in total. The number of hydrogen-bond acceptors (Lipinski definition) is 5. The molecule has 1 aromatic rings. The van der Waals surface area contributed by atoms with Crippen molar-refractivity contribution in [1.82, 2.24) is 14.5 Å². The summed E-state index contributed by atoms with van der Waals surface area (Å²) in [7, 11) is -3.57. The number of nitrogens with one attached hydrogen (secondary N) is 1. The van der Waals surface area contributed by atoms with Crippen LogP contribution in [0.5, 0.6) is 0 Å². The van der Waals surface area contributed by atoms with Gasteiger partial charge in [0.2, 0.25) is 10.0 Å². The predicted octanol–water partition coefficient (Wildman–Crippen LogP) is 0.522. The first-order chi connectivity index (χ1) is 8.83. The Bertz CT molecular complexity index is 526. The zero-order chi connectivity index (χ0) is 14.6. The topological polar surface area (TPSA) is 84.2 Å². The maximum atomic E-state index is 12.3. The summed E-state index contributed by atoms with van der Waals surface area (Å²) >= 11 is 1.59. The van der Waals surface area contributed by atoms with Gasteiger partial charge in [-0.2, -0.15) is 16.9 Å². The highest BCUT2D eigenvalue weighted by Gasteiger charge is 2.25. The van der Waals surface area contributed by atoms with Crippen LogP contribution < -0.4 is 4.72 Å². The number of nitrogens with zero attached hydrogens (tertiary/aromatic N) is 2. The van der Waals surface area contributed by atoms with Crippen LogP contribution in [0.1, 0.15) is 18.3 Å². The average Bonchev–Trinajstić information content (AvgIpc) is 2.54. The van der Waals surface area contributed by atoms with Crippen LogP contribution in [0.3, 0.4) is 0 Å². The van der Waals surface area contributed by atoms with Gasteiger partial charge in [0.1, 0.15) is 4.90 Å². The van der Waals surface area contributed by atoms with E-state index in [1.807, 2.05) is 13.2 Å². The molecule has 1 unspecified atom stereocenters. The molecule has 0 bridgehead atoms. The molecule has 0 amide bonds. The van der Waals surface area contributed by atoms with E-state index in [1.54, 1.807) is 25.6 Å². The quantitative estimate of drug-likeness (QED) is 0.767. The number of aliphatic hydroxyl groups excluding tert-OH is 1. The van der Waals surface area contributed by atoms with Gasteiger partial charge in [-0.3, -0.25) is 4.68 Å². The number of aromatic nitrogens is 2. The molecule has 0 saturated heterocycles. The second-order valence-corrected chi connectivity index (χ2v) is 6.99. The SMILES string of the molecule is CSCC(C)NS(=O)(=O)c1c(C)nn(CCO)c1C. The summed E-state index contributed by atoms with van der Waals surface area (Å²) in [5.74, 6) is 0.710. The van der Waals surface area contributed by atoms with E-state index >= 15 is 0 Å². The van der Waals surface area contributed by atoms with Gasteiger partial charge in [-0.15, -0.1) is 0 Å². The van der Waals surface area contributed by atoms with Gasteiger partial charge in [-0.25, -0.2) is 13.1 Å². The van der Waals surface area contributed by atoms with E-state index in [-0.39, 0.29) is 17.5 Å². The van der Waals surface area contributed by atoms with E-state index in [4.69, 9.17) is 5.11 Å². The first kappa shape index (κ1) is 16.5. The minimum absolute atomic E-state index is 0.0717. The molecular formula is C11H21N3O3S2. The largest absolute Gasteiger partial charge is 0.394 e. The first-order valence-electron chi connectivity index (χ1n) is 5.99. The molecule has 1 heterocycles. The molecule has 0 aliphatic carbocycles. The fourth-order valence-corrected chi connectivity index (χ4v) is 4.33. The van der Waals surface area contributed by atoms with E-state index in [9.17, 15) is 8.42 Å². The fourth-order valence-electron chi connectivity index (χ4n) is 1.99. The Labute approximate surface area is 118 Å². The maximum absolute atomic E-state index is 12.3. The third-order valence-electron chi connectivity index (χ3n) is 2.67. The number of aryl methyl sites for hydroxylation is 1. The van der Waals surface area contributed by atoms with E-state index in [2.05, 4.69) is 9.82 Å². The van der Waals surface area contributed by atoms with Crippen molar-refractivity contribution >= 4 is 21.8 Å². The van der Waals surface area contributed by atoms with Crippen molar-refractivity contribution in [2.75, 3.05) is 18.6 Å². The van der Waals surface area contributed by atoms with E-state index in [0.29, 0.717) is 23.7 Å². The lowest BCUT2D eigenvalue weighted by molar-refractivity contribution is 0.267. The van der Waals surface area contributed by atoms with Crippen LogP contribution in [-0.4, -0.2) is 48.0 Å². The molecule has 0 saturated carbocycles. The number of sulfonamides is 1. The molecule has 0 radical (unpaired) electrons. The summed E-state index contributed by atoms with van der Waals surface area (Å²) in [5.41, 5.74) is 1.00. The van der Waals surface area contributed by atoms with Gasteiger partial charge in [-0.05, 0) is 27.0 Å². The predicted molar refractivity (Wildman–Crippen MR) is 77.0 cm³/mol. The molecule has 19 heavy (non-hydrogen) atoms. The molecule has 0 fully saturated rings. The van der Waals surface area contributed by atoms with Gasteiger partial charge in [0.15, 0.2) is 0 Å².